The van der Waals surface area contributed by atoms with Gasteiger partial charge >= 0.3 is 0 Å². The van der Waals surface area contributed by atoms with Crippen LogP contribution < -0.4 is 0 Å². The maximum atomic E-state index is 12.4. The van der Waals surface area contributed by atoms with Crippen molar-refractivity contribution in [3.05, 3.63) is 35.4 Å². The highest BCUT2D eigenvalue weighted by Gasteiger charge is 2.51. The molecular weight excluding hydrogens is 314 g/mol. The van der Waals surface area contributed by atoms with Crippen LogP contribution in [0.2, 0.25) is 0 Å². The summed E-state index contributed by atoms with van der Waals surface area (Å²) in [6.07, 6.45) is 4.91. The molecule has 1 heterocycles. The molecule has 2 aliphatic rings. The van der Waals surface area contributed by atoms with Gasteiger partial charge in [0.25, 0.3) is 0 Å². The van der Waals surface area contributed by atoms with Gasteiger partial charge in [0.1, 0.15) is 0 Å². The van der Waals surface area contributed by atoms with Gasteiger partial charge < -0.3 is 14.7 Å². The van der Waals surface area contributed by atoms with Crippen molar-refractivity contribution in [3.8, 4) is 0 Å². The lowest BCUT2D eigenvalue weighted by molar-refractivity contribution is -0.158. The zero-order valence-corrected chi connectivity index (χ0v) is 15.8. The Balaban J connectivity index is 1.65. The van der Waals surface area contributed by atoms with Gasteiger partial charge in [-0.2, -0.15) is 0 Å². The third-order valence-electron chi connectivity index (χ3n) is 6.57. The Kier molecular flexibility index (Phi) is 5.21. The first kappa shape index (κ1) is 18.4. The highest BCUT2D eigenvalue weighted by atomic mass is 16.5. The molecule has 25 heavy (non-hydrogen) atoms. The molecule has 3 rings (SSSR count). The number of hydrogen-bond acceptors (Lipinski definition) is 3. The Morgan fingerprint density at radius 3 is 2.40 bits per heavy atom. The fraction of sp³-hybridized carbons (Fsp3) is 0.667. The van der Waals surface area contributed by atoms with Gasteiger partial charge in [-0.05, 0) is 50.2 Å². The van der Waals surface area contributed by atoms with Crippen LogP contribution in [0.4, 0.5) is 0 Å². The van der Waals surface area contributed by atoms with Crippen molar-refractivity contribution in [2.75, 3.05) is 26.8 Å². The number of nitrogens with zero attached hydrogens (tertiary/aromatic N) is 1. The van der Waals surface area contributed by atoms with E-state index >= 15 is 0 Å². The van der Waals surface area contributed by atoms with E-state index in [1.165, 1.54) is 11.1 Å². The molecule has 0 unspecified atom stereocenters. The molecule has 138 valence electrons. The van der Waals surface area contributed by atoms with Crippen molar-refractivity contribution in [1.82, 2.24) is 4.90 Å². The monoisotopic (exact) mass is 345 g/mol. The van der Waals surface area contributed by atoms with E-state index in [1.54, 1.807) is 0 Å². The molecule has 1 aromatic carbocycles. The summed E-state index contributed by atoms with van der Waals surface area (Å²) in [5, 5.41) is 9.36. The molecule has 0 bridgehead atoms. The summed E-state index contributed by atoms with van der Waals surface area (Å²) in [5.41, 5.74) is 2.68. The van der Waals surface area contributed by atoms with Crippen LogP contribution in [0.25, 0.3) is 0 Å². The van der Waals surface area contributed by atoms with Crippen LogP contribution in [0.1, 0.15) is 50.2 Å². The number of rotatable bonds is 5. The number of aliphatic hydroxyl groups is 1. The van der Waals surface area contributed by atoms with Crippen molar-refractivity contribution in [2.45, 2.75) is 51.6 Å². The minimum Gasteiger partial charge on any atom is -0.396 e. The molecule has 1 spiro atoms. The van der Waals surface area contributed by atoms with Crippen LogP contribution in [0, 0.1) is 18.3 Å². The van der Waals surface area contributed by atoms with Crippen molar-refractivity contribution in [3.63, 3.8) is 0 Å². The van der Waals surface area contributed by atoms with Gasteiger partial charge in [0.15, 0.2) is 0 Å². The van der Waals surface area contributed by atoms with Crippen LogP contribution in [0.5, 0.6) is 0 Å². The van der Waals surface area contributed by atoms with E-state index in [0.29, 0.717) is 6.42 Å². The number of aliphatic hydroxyl groups excluding tert-OH is 1. The molecule has 0 radical (unpaired) electrons. The fourth-order valence-electron chi connectivity index (χ4n) is 4.73. The van der Waals surface area contributed by atoms with Crippen LogP contribution in [0.3, 0.4) is 0 Å². The largest absolute Gasteiger partial charge is 0.396 e. The predicted molar refractivity (Wildman–Crippen MR) is 98.2 cm³/mol. The van der Waals surface area contributed by atoms with Crippen LogP contribution >= 0.6 is 0 Å². The zero-order chi connectivity index (χ0) is 18.1. The minimum absolute atomic E-state index is 0.0428. The average molecular weight is 345 g/mol. The number of methoxy groups -OCH3 is 1. The first-order chi connectivity index (χ1) is 12.0. The van der Waals surface area contributed by atoms with Gasteiger partial charge in [-0.25, -0.2) is 0 Å². The Labute approximate surface area is 151 Å². The summed E-state index contributed by atoms with van der Waals surface area (Å²) in [4.78, 5) is 14.3. The Bertz CT molecular complexity index is 607. The van der Waals surface area contributed by atoms with Crippen LogP contribution in [0.15, 0.2) is 24.3 Å². The number of aryl methyl sites for hydroxylation is 1. The molecular formula is C21H31NO3. The van der Waals surface area contributed by atoms with E-state index in [2.05, 4.69) is 31.2 Å². The summed E-state index contributed by atoms with van der Waals surface area (Å²) in [7, 11) is 1.83. The SMILES string of the molecule is CC[C@H](CO)C(=O)N1CC2(CCC(OC)(c3ccccc3C)CC2)C1. The summed E-state index contributed by atoms with van der Waals surface area (Å²) in [5.74, 6) is -0.107. The smallest absolute Gasteiger partial charge is 0.228 e. The molecule has 1 N–H and O–H groups in total. The first-order valence-corrected chi connectivity index (χ1v) is 9.50. The Morgan fingerprint density at radius 1 is 1.24 bits per heavy atom. The van der Waals surface area contributed by atoms with Crippen molar-refractivity contribution >= 4 is 5.91 Å². The molecule has 1 amide bonds. The van der Waals surface area contributed by atoms with Gasteiger partial charge in [0, 0.05) is 25.6 Å². The van der Waals surface area contributed by atoms with E-state index in [0.717, 1.165) is 38.8 Å². The highest BCUT2D eigenvalue weighted by Crippen LogP contribution is 2.52. The maximum absolute atomic E-state index is 12.4. The molecule has 4 heteroatoms. The minimum atomic E-state index is -0.231. The summed E-state index contributed by atoms with van der Waals surface area (Å²) < 4.78 is 6.04. The molecule has 1 atom stereocenters. The van der Waals surface area contributed by atoms with Gasteiger partial charge in [-0.1, -0.05) is 31.2 Å². The van der Waals surface area contributed by atoms with Crippen LogP contribution in [-0.2, 0) is 15.1 Å². The standard InChI is InChI=1S/C21H31NO3/c1-4-17(13-23)19(24)22-14-20(15-22)9-11-21(25-3,12-10-20)18-8-6-5-7-16(18)2/h5-8,17,23H,4,9-15H2,1-3H3/t17-/m1/s1. The second-order valence-electron chi connectivity index (χ2n) is 8.00. The lowest BCUT2D eigenvalue weighted by atomic mass is 9.62. The zero-order valence-electron chi connectivity index (χ0n) is 15.8. The second kappa shape index (κ2) is 7.08. The summed E-state index contributed by atoms with van der Waals surface area (Å²) in [6.45, 7) is 5.76. The summed E-state index contributed by atoms with van der Waals surface area (Å²) >= 11 is 0. The molecule has 1 saturated carbocycles. The molecule has 1 saturated heterocycles. The topological polar surface area (TPSA) is 49.8 Å². The van der Waals surface area contributed by atoms with Gasteiger partial charge in [-0.15, -0.1) is 0 Å². The van der Waals surface area contributed by atoms with E-state index in [-0.39, 0.29) is 29.4 Å². The quantitative estimate of drug-likeness (QED) is 0.891. The van der Waals surface area contributed by atoms with Crippen molar-refractivity contribution in [1.29, 1.82) is 0 Å². The molecule has 1 aliphatic carbocycles. The normalized spacial score (nSPS) is 22.5. The maximum Gasteiger partial charge on any atom is 0.228 e. The van der Waals surface area contributed by atoms with Gasteiger partial charge in [0.2, 0.25) is 5.91 Å². The number of ether oxygens (including phenoxy) is 1. The second-order valence-corrected chi connectivity index (χ2v) is 8.00. The number of carbonyl (C=O) groups is 1. The average Bonchev–Trinajstić information content (AvgIpc) is 2.61. The van der Waals surface area contributed by atoms with Gasteiger partial charge in [0.05, 0.1) is 18.1 Å². The molecule has 1 aromatic rings. The molecule has 1 aliphatic heterocycles. The number of hydrogen-bond donors (Lipinski definition) is 1. The Hall–Kier alpha value is -1.39. The number of benzene rings is 1. The number of carbonyl (C=O) groups excluding carboxylic acids is 1. The number of amides is 1. The lowest BCUT2D eigenvalue weighted by Gasteiger charge is -2.56. The van der Waals surface area contributed by atoms with Crippen molar-refractivity contribution < 1.29 is 14.6 Å². The Morgan fingerprint density at radius 2 is 1.88 bits per heavy atom. The molecule has 0 aromatic heterocycles. The van der Waals surface area contributed by atoms with Crippen LogP contribution in [-0.4, -0.2) is 42.7 Å². The van der Waals surface area contributed by atoms with E-state index in [1.807, 2.05) is 18.9 Å². The third kappa shape index (κ3) is 3.22. The highest BCUT2D eigenvalue weighted by molar-refractivity contribution is 5.80. The van der Waals surface area contributed by atoms with Gasteiger partial charge in [-0.3, -0.25) is 4.79 Å². The number of likely N-dealkylation sites (tertiary alicyclic amines) is 1. The van der Waals surface area contributed by atoms with E-state index < -0.39 is 0 Å². The van der Waals surface area contributed by atoms with Crippen molar-refractivity contribution in [2.24, 2.45) is 11.3 Å². The van der Waals surface area contributed by atoms with E-state index in [9.17, 15) is 9.90 Å². The molecule has 2 fully saturated rings. The lowest BCUT2D eigenvalue weighted by Crippen LogP contribution is -2.62. The molecule has 4 nitrogen and oxygen atoms in total. The fourth-order valence-corrected chi connectivity index (χ4v) is 4.73. The summed E-state index contributed by atoms with van der Waals surface area (Å²) in [6, 6.07) is 8.52. The van der Waals surface area contributed by atoms with E-state index in [4.69, 9.17) is 4.74 Å². The first-order valence-electron chi connectivity index (χ1n) is 9.50. The third-order valence-corrected chi connectivity index (χ3v) is 6.57. The predicted octanol–water partition coefficient (Wildman–Crippen LogP) is 3.26.